The van der Waals surface area contributed by atoms with E-state index in [2.05, 4.69) is 20.9 Å². The van der Waals surface area contributed by atoms with E-state index in [4.69, 9.17) is 16.7 Å². The minimum Gasteiger partial charge on any atom is -0.481 e. The van der Waals surface area contributed by atoms with Gasteiger partial charge in [-0.05, 0) is 11.6 Å². The first-order chi connectivity index (χ1) is 7.45. The fraction of sp³-hybridized carbons (Fsp3) is 0.333. The van der Waals surface area contributed by atoms with Crippen molar-refractivity contribution in [3.8, 4) is 0 Å². The van der Waals surface area contributed by atoms with Gasteiger partial charge in [0.25, 0.3) is 6.43 Å². The smallest absolute Gasteiger partial charge is 0.309 e. The zero-order valence-electron chi connectivity index (χ0n) is 7.88. The average Bonchev–Trinajstić information content (AvgIpc) is 2.19. The van der Waals surface area contributed by atoms with Crippen LogP contribution in [0.3, 0.4) is 0 Å². The van der Waals surface area contributed by atoms with Gasteiger partial charge in [0.1, 0.15) is 5.69 Å². The summed E-state index contributed by atoms with van der Waals surface area (Å²) in [5.41, 5.74) is -0.221. The number of hydrogen-bond donors (Lipinski definition) is 1. The monoisotopic (exact) mass is 313 g/mol. The van der Waals surface area contributed by atoms with Crippen molar-refractivity contribution >= 4 is 33.5 Å². The molecule has 1 heterocycles. The zero-order chi connectivity index (χ0) is 12.3. The highest BCUT2D eigenvalue weighted by Gasteiger charge is 2.18. The Hall–Kier alpha value is -0.750. The first-order valence-electron chi connectivity index (χ1n) is 4.19. The molecular formula is C9H7BrClF2NO2. The minimum absolute atomic E-state index is 0.0471. The summed E-state index contributed by atoms with van der Waals surface area (Å²) in [4.78, 5) is 14.1. The third-order valence-electron chi connectivity index (χ3n) is 1.83. The highest BCUT2D eigenvalue weighted by molar-refractivity contribution is 9.08. The van der Waals surface area contributed by atoms with Crippen LogP contribution < -0.4 is 0 Å². The minimum atomic E-state index is -2.75. The van der Waals surface area contributed by atoms with E-state index < -0.39 is 24.5 Å². The zero-order valence-corrected chi connectivity index (χ0v) is 10.2. The quantitative estimate of drug-likeness (QED) is 0.868. The molecule has 3 nitrogen and oxygen atoms in total. The second-order valence-corrected chi connectivity index (χ2v) is 3.93. The van der Waals surface area contributed by atoms with Gasteiger partial charge in [-0.1, -0.05) is 27.5 Å². The maximum atomic E-state index is 12.6. The van der Waals surface area contributed by atoms with E-state index in [0.29, 0.717) is 0 Å². The van der Waals surface area contributed by atoms with Crippen molar-refractivity contribution < 1.29 is 18.7 Å². The second kappa shape index (κ2) is 5.54. The fourth-order valence-electron chi connectivity index (χ4n) is 1.14. The molecular weight excluding hydrogens is 307 g/mol. The number of carbonyl (C=O) groups is 1. The van der Waals surface area contributed by atoms with E-state index in [9.17, 15) is 13.6 Å². The number of pyridine rings is 1. The van der Waals surface area contributed by atoms with E-state index in [1.807, 2.05) is 0 Å². The molecule has 0 aromatic carbocycles. The van der Waals surface area contributed by atoms with E-state index in [0.717, 1.165) is 0 Å². The van der Waals surface area contributed by atoms with Gasteiger partial charge >= 0.3 is 5.97 Å². The first kappa shape index (κ1) is 13.3. The maximum absolute atomic E-state index is 12.6. The van der Waals surface area contributed by atoms with E-state index in [-0.39, 0.29) is 21.6 Å². The van der Waals surface area contributed by atoms with Gasteiger partial charge in [0.05, 0.1) is 17.1 Å². The Bertz CT molecular complexity index is 415. The number of rotatable bonds is 4. The molecule has 0 bridgehead atoms. The second-order valence-electron chi connectivity index (χ2n) is 2.97. The maximum Gasteiger partial charge on any atom is 0.309 e. The Labute approximate surface area is 104 Å². The van der Waals surface area contributed by atoms with Crippen LogP contribution in [0.25, 0.3) is 0 Å². The molecule has 1 rings (SSSR count). The van der Waals surface area contributed by atoms with E-state index in [1.54, 1.807) is 0 Å². The van der Waals surface area contributed by atoms with Gasteiger partial charge < -0.3 is 5.11 Å². The molecule has 0 aliphatic carbocycles. The number of aromatic nitrogens is 1. The van der Waals surface area contributed by atoms with Crippen molar-refractivity contribution in [1.82, 2.24) is 4.98 Å². The van der Waals surface area contributed by atoms with E-state index in [1.165, 1.54) is 6.07 Å². The van der Waals surface area contributed by atoms with Crippen LogP contribution >= 0.6 is 27.5 Å². The van der Waals surface area contributed by atoms with Crippen LogP contribution in [0.15, 0.2) is 6.07 Å². The molecule has 0 unspecified atom stereocenters. The Balaban J connectivity index is 3.21. The molecule has 0 saturated carbocycles. The molecule has 0 fully saturated rings. The molecule has 0 atom stereocenters. The molecule has 0 amide bonds. The lowest BCUT2D eigenvalue weighted by Crippen LogP contribution is -2.07. The van der Waals surface area contributed by atoms with Crippen LogP contribution in [0, 0.1) is 0 Å². The van der Waals surface area contributed by atoms with Gasteiger partial charge in [-0.3, -0.25) is 4.79 Å². The highest BCUT2D eigenvalue weighted by atomic mass is 79.9. The number of carboxylic acids is 1. The van der Waals surface area contributed by atoms with Crippen LogP contribution in [0.4, 0.5) is 8.78 Å². The molecule has 16 heavy (non-hydrogen) atoms. The van der Waals surface area contributed by atoms with Crippen molar-refractivity contribution in [3.05, 3.63) is 28.0 Å². The van der Waals surface area contributed by atoms with Gasteiger partial charge in [-0.2, -0.15) is 0 Å². The largest absolute Gasteiger partial charge is 0.481 e. The summed E-state index contributed by atoms with van der Waals surface area (Å²) >= 11 is 8.78. The normalized spacial score (nSPS) is 10.8. The molecule has 0 saturated heterocycles. The Morgan fingerprint density at radius 3 is 2.69 bits per heavy atom. The first-order valence-corrected chi connectivity index (χ1v) is 5.69. The summed E-state index contributed by atoms with van der Waals surface area (Å²) < 4.78 is 25.2. The lowest BCUT2D eigenvalue weighted by molar-refractivity contribution is -0.136. The summed E-state index contributed by atoms with van der Waals surface area (Å²) in [6.45, 7) is 0. The van der Waals surface area contributed by atoms with Gasteiger partial charge in [-0.25, -0.2) is 13.8 Å². The Morgan fingerprint density at radius 2 is 2.25 bits per heavy atom. The van der Waals surface area contributed by atoms with E-state index >= 15 is 0 Å². The van der Waals surface area contributed by atoms with Gasteiger partial charge in [0.15, 0.2) is 0 Å². The molecule has 1 N–H and O–H groups in total. The molecule has 0 aliphatic heterocycles. The summed E-state index contributed by atoms with van der Waals surface area (Å²) in [5, 5.41) is 8.82. The van der Waals surface area contributed by atoms with Crippen LogP contribution in [0.2, 0.25) is 5.02 Å². The predicted octanol–water partition coefficient (Wildman–Crippen LogP) is 3.19. The number of alkyl halides is 3. The summed E-state index contributed by atoms with van der Waals surface area (Å²) in [6, 6.07) is 1.31. The van der Waals surface area contributed by atoms with Crippen molar-refractivity contribution in [2.75, 3.05) is 0 Å². The van der Waals surface area contributed by atoms with Crippen LogP contribution in [0.1, 0.15) is 23.4 Å². The summed E-state index contributed by atoms with van der Waals surface area (Å²) in [7, 11) is 0. The third kappa shape index (κ3) is 3.12. The number of halogens is 4. The standard InChI is InChI=1S/C9H7BrClF2NO2/c10-3-4-1-5(11)6(2-7(15)16)14-8(4)9(12)13/h1,9H,2-3H2,(H,15,16). The van der Waals surface area contributed by atoms with Gasteiger partial charge in [0.2, 0.25) is 0 Å². The summed E-state index contributed by atoms with van der Waals surface area (Å²) in [5.74, 6) is -1.17. The third-order valence-corrected chi connectivity index (χ3v) is 2.76. The topological polar surface area (TPSA) is 50.2 Å². The van der Waals surface area contributed by atoms with Crippen molar-refractivity contribution in [3.63, 3.8) is 0 Å². The SMILES string of the molecule is O=C(O)Cc1nc(C(F)F)c(CBr)cc1Cl. The van der Waals surface area contributed by atoms with Crippen LogP contribution in [0.5, 0.6) is 0 Å². The molecule has 7 heteroatoms. The Morgan fingerprint density at radius 1 is 1.62 bits per heavy atom. The molecule has 0 radical (unpaired) electrons. The van der Waals surface area contributed by atoms with Gasteiger partial charge in [0, 0.05) is 5.33 Å². The summed E-state index contributed by atoms with van der Waals surface area (Å²) in [6.07, 6.45) is -3.22. The van der Waals surface area contributed by atoms with Gasteiger partial charge in [-0.15, -0.1) is 0 Å². The lowest BCUT2D eigenvalue weighted by Gasteiger charge is -2.09. The molecule has 1 aromatic heterocycles. The Kier molecular flexibility index (Phi) is 4.61. The predicted molar refractivity (Wildman–Crippen MR) is 58.2 cm³/mol. The van der Waals surface area contributed by atoms with Crippen LogP contribution in [-0.4, -0.2) is 16.1 Å². The number of aliphatic carboxylic acids is 1. The molecule has 0 spiro atoms. The van der Waals surface area contributed by atoms with Crippen LogP contribution in [-0.2, 0) is 16.5 Å². The number of hydrogen-bond acceptors (Lipinski definition) is 2. The fourth-order valence-corrected chi connectivity index (χ4v) is 1.83. The van der Waals surface area contributed by atoms with Crippen molar-refractivity contribution in [2.24, 2.45) is 0 Å². The number of carboxylic acid groups (broad SMARTS) is 1. The van der Waals surface area contributed by atoms with Crippen molar-refractivity contribution in [1.29, 1.82) is 0 Å². The lowest BCUT2D eigenvalue weighted by atomic mass is 10.1. The molecule has 1 aromatic rings. The highest BCUT2D eigenvalue weighted by Crippen LogP contribution is 2.27. The average molecular weight is 315 g/mol. The van der Waals surface area contributed by atoms with Crippen molar-refractivity contribution in [2.45, 2.75) is 18.2 Å². The molecule has 0 aliphatic rings. The number of nitrogens with zero attached hydrogens (tertiary/aromatic N) is 1. The molecule has 88 valence electrons.